The Labute approximate surface area is 164 Å². The van der Waals surface area contributed by atoms with E-state index in [-0.39, 0.29) is 13.2 Å². The number of halogens is 1. The van der Waals surface area contributed by atoms with E-state index in [2.05, 4.69) is 10.6 Å². The summed E-state index contributed by atoms with van der Waals surface area (Å²) in [5.41, 5.74) is 0.962. The van der Waals surface area contributed by atoms with Gasteiger partial charge in [0.05, 0.1) is 0 Å². The largest absolute Gasteiger partial charge is 0.445 e. The lowest BCUT2D eigenvalue weighted by atomic mass is 10.1. The summed E-state index contributed by atoms with van der Waals surface area (Å²) in [7, 11) is 0. The highest BCUT2D eigenvalue weighted by Gasteiger charge is 2.16. The van der Waals surface area contributed by atoms with Crippen LogP contribution in [0, 0.1) is 5.82 Å². The van der Waals surface area contributed by atoms with E-state index in [0.717, 1.165) is 5.56 Å². The van der Waals surface area contributed by atoms with Crippen molar-refractivity contribution in [2.45, 2.75) is 39.4 Å². The number of alkyl carbamates (subject to hydrolysis) is 1. The molecule has 28 heavy (non-hydrogen) atoms. The number of ether oxygens (including phenoxy) is 2. The van der Waals surface area contributed by atoms with Crippen molar-refractivity contribution in [3.8, 4) is 0 Å². The van der Waals surface area contributed by atoms with Crippen LogP contribution in [0.1, 0.15) is 31.9 Å². The number of hydrogen-bond acceptors (Lipinski definition) is 4. The molecule has 150 valence electrons. The van der Waals surface area contributed by atoms with E-state index in [9.17, 15) is 14.0 Å². The zero-order valence-electron chi connectivity index (χ0n) is 16.3. The standard InChI is InChI=1S/C21H25FN2O4/c1-21(2,3)28-20(26)24-17-10-9-16(18(22)13-17)11-12-23-19(25)27-14-15-7-5-4-6-8-15/h4-10,13H,11-12,14H2,1-3H3,(H,23,25)(H,24,26). The number of nitrogens with one attached hydrogen (secondary N) is 2. The van der Waals surface area contributed by atoms with E-state index in [1.54, 1.807) is 32.9 Å². The Bertz CT molecular complexity index is 804. The molecular weight excluding hydrogens is 363 g/mol. The van der Waals surface area contributed by atoms with Crippen molar-refractivity contribution >= 4 is 17.9 Å². The van der Waals surface area contributed by atoms with Crippen LogP contribution in [-0.2, 0) is 22.5 Å². The molecule has 2 N–H and O–H groups in total. The van der Waals surface area contributed by atoms with Gasteiger partial charge in [0.1, 0.15) is 18.0 Å². The lowest BCUT2D eigenvalue weighted by molar-refractivity contribution is 0.0636. The molecule has 7 heteroatoms. The number of carbonyl (C=O) groups is 2. The van der Waals surface area contributed by atoms with Crippen molar-refractivity contribution in [3.63, 3.8) is 0 Å². The fourth-order valence-corrected chi connectivity index (χ4v) is 2.32. The topological polar surface area (TPSA) is 76.7 Å². The summed E-state index contributed by atoms with van der Waals surface area (Å²) in [6.45, 7) is 5.63. The molecule has 2 amide bonds. The summed E-state index contributed by atoms with van der Waals surface area (Å²) in [6.07, 6.45) is -0.922. The SMILES string of the molecule is CC(C)(C)OC(=O)Nc1ccc(CCNC(=O)OCc2ccccc2)c(F)c1. The number of hydrogen-bond donors (Lipinski definition) is 2. The van der Waals surface area contributed by atoms with Crippen LogP contribution in [0.2, 0.25) is 0 Å². The van der Waals surface area contributed by atoms with Crippen molar-refractivity contribution in [2.24, 2.45) is 0 Å². The number of benzene rings is 2. The molecular formula is C21H25FN2O4. The molecule has 0 aliphatic rings. The van der Waals surface area contributed by atoms with Gasteiger partial charge in [0.25, 0.3) is 0 Å². The van der Waals surface area contributed by atoms with Crippen LogP contribution in [-0.4, -0.2) is 24.3 Å². The van der Waals surface area contributed by atoms with E-state index in [0.29, 0.717) is 17.7 Å². The molecule has 0 fully saturated rings. The normalized spacial score (nSPS) is 10.9. The quantitative estimate of drug-likeness (QED) is 0.756. The maximum Gasteiger partial charge on any atom is 0.412 e. The molecule has 6 nitrogen and oxygen atoms in total. The van der Waals surface area contributed by atoms with E-state index < -0.39 is 23.6 Å². The van der Waals surface area contributed by atoms with Crippen molar-refractivity contribution in [1.29, 1.82) is 0 Å². The van der Waals surface area contributed by atoms with E-state index in [4.69, 9.17) is 9.47 Å². The number of amides is 2. The van der Waals surface area contributed by atoms with E-state index in [1.807, 2.05) is 30.3 Å². The van der Waals surface area contributed by atoms with E-state index in [1.165, 1.54) is 6.07 Å². The zero-order chi connectivity index (χ0) is 20.6. The maximum atomic E-state index is 14.2. The Morgan fingerprint density at radius 1 is 1.04 bits per heavy atom. The summed E-state index contributed by atoms with van der Waals surface area (Å²) >= 11 is 0. The second kappa shape index (κ2) is 9.73. The third kappa shape index (κ3) is 7.65. The molecule has 2 rings (SSSR count). The molecule has 0 heterocycles. The molecule has 0 spiro atoms. The fraction of sp³-hybridized carbons (Fsp3) is 0.333. The summed E-state index contributed by atoms with van der Waals surface area (Å²) in [5, 5.41) is 5.07. The van der Waals surface area contributed by atoms with E-state index >= 15 is 0 Å². The second-order valence-electron chi connectivity index (χ2n) is 7.17. The van der Waals surface area contributed by atoms with Gasteiger partial charge >= 0.3 is 12.2 Å². The molecule has 0 aliphatic carbocycles. The molecule has 0 unspecified atom stereocenters. The van der Waals surface area contributed by atoms with Gasteiger partial charge in [-0.1, -0.05) is 36.4 Å². The molecule has 0 aromatic heterocycles. The molecule has 2 aromatic rings. The minimum Gasteiger partial charge on any atom is -0.445 e. The monoisotopic (exact) mass is 388 g/mol. The average molecular weight is 388 g/mol. The first kappa shape index (κ1) is 21.2. The molecule has 0 saturated heterocycles. The Kier molecular flexibility index (Phi) is 7.37. The summed E-state index contributed by atoms with van der Waals surface area (Å²) in [6, 6.07) is 13.7. The highest BCUT2D eigenvalue weighted by molar-refractivity contribution is 5.84. The fourth-order valence-electron chi connectivity index (χ4n) is 2.32. The van der Waals surface area contributed by atoms with Crippen molar-refractivity contribution in [1.82, 2.24) is 5.32 Å². The van der Waals surface area contributed by atoms with Gasteiger partial charge < -0.3 is 14.8 Å². The second-order valence-corrected chi connectivity index (χ2v) is 7.17. The average Bonchev–Trinajstić information content (AvgIpc) is 2.61. The highest BCUT2D eigenvalue weighted by atomic mass is 19.1. The Morgan fingerprint density at radius 3 is 2.39 bits per heavy atom. The van der Waals surface area contributed by atoms with Crippen LogP contribution in [0.25, 0.3) is 0 Å². The lowest BCUT2D eigenvalue weighted by Crippen LogP contribution is -2.27. The number of rotatable bonds is 6. The van der Waals surface area contributed by atoms with Crippen LogP contribution in [0.5, 0.6) is 0 Å². The predicted molar refractivity (Wildman–Crippen MR) is 105 cm³/mol. The third-order valence-corrected chi connectivity index (χ3v) is 3.57. The summed E-state index contributed by atoms with van der Waals surface area (Å²) in [5.74, 6) is -0.479. The minimum absolute atomic E-state index is 0.173. The van der Waals surface area contributed by atoms with Crippen molar-refractivity contribution in [2.75, 3.05) is 11.9 Å². The van der Waals surface area contributed by atoms with Crippen LogP contribution >= 0.6 is 0 Å². The molecule has 0 saturated carbocycles. The van der Waals surface area contributed by atoms with Gasteiger partial charge in [-0.25, -0.2) is 14.0 Å². The van der Waals surface area contributed by atoms with Crippen LogP contribution in [0.4, 0.5) is 19.7 Å². The third-order valence-electron chi connectivity index (χ3n) is 3.57. The lowest BCUT2D eigenvalue weighted by Gasteiger charge is -2.19. The Morgan fingerprint density at radius 2 is 1.75 bits per heavy atom. The molecule has 0 bridgehead atoms. The summed E-state index contributed by atoms with van der Waals surface area (Å²) in [4.78, 5) is 23.4. The highest BCUT2D eigenvalue weighted by Crippen LogP contribution is 2.16. The maximum absolute atomic E-state index is 14.2. The molecule has 0 aliphatic heterocycles. The summed E-state index contributed by atoms with van der Waals surface area (Å²) < 4.78 is 24.4. The van der Waals surface area contributed by atoms with Gasteiger partial charge in [-0.3, -0.25) is 5.32 Å². The molecule has 2 aromatic carbocycles. The minimum atomic E-state index is -0.650. The Hall–Kier alpha value is -3.09. The van der Waals surface area contributed by atoms with Crippen LogP contribution in [0.3, 0.4) is 0 Å². The van der Waals surface area contributed by atoms with Gasteiger partial charge in [0, 0.05) is 12.2 Å². The van der Waals surface area contributed by atoms with Gasteiger partial charge in [0.2, 0.25) is 0 Å². The van der Waals surface area contributed by atoms with Gasteiger partial charge in [-0.05, 0) is 50.5 Å². The predicted octanol–water partition coefficient (Wildman–Crippen LogP) is 4.64. The van der Waals surface area contributed by atoms with Gasteiger partial charge in [0.15, 0.2) is 0 Å². The van der Waals surface area contributed by atoms with Crippen LogP contribution in [0.15, 0.2) is 48.5 Å². The van der Waals surface area contributed by atoms with Crippen molar-refractivity contribution in [3.05, 3.63) is 65.5 Å². The number of anilines is 1. The van der Waals surface area contributed by atoms with Crippen LogP contribution < -0.4 is 10.6 Å². The first-order chi connectivity index (χ1) is 13.2. The van der Waals surface area contributed by atoms with Gasteiger partial charge in [-0.2, -0.15) is 0 Å². The first-order valence-electron chi connectivity index (χ1n) is 8.96. The zero-order valence-corrected chi connectivity index (χ0v) is 16.3. The Balaban J connectivity index is 1.76. The first-order valence-corrected chi connectivity index (χ1v) is 8.96. The van der Waals surface area contributed by atoms with Crippen molar-refractivity contribution < 1.29 is 23.5 Å². The smallest absolute Gasteiger partial charge is 0.412 e. The molecule has 0 atom stereocenters. The number of carbonyl (C=O) groups excluding carboxylic acids is 2. The van der Waals surface area contributed by atoms with Gasteiger partial charge in [-0.15, -0.1) is 0 Å². The molecule has 0 radical (unpaired) electrons.